The summed E-state index contributed by atoms with van der Waals surface area (Å²) < 4.78 is 9.80. The van der Waals surface area contributed by atoms with Crippen LogP contribution in [0.3, 0.4) is 0 Å². The van der Waals surface area contributed by atoms with Gasteiger partial charge < -0.3 is 19.3 Å². The minimum atomic E-state index is -0.409. The van der Waals surface area contributed by atoms with E-state index in [1.165, 1.54) is 28.4 Å². The van der Waals surface area contributed by atoms with Crippen LogP contribution in [-0.2, 0) is 42.2 Å². The van der Waals surface area contributed by atoms with Crippen LogP contribution in [0.15, 0.2) is 121 Å². The fourth-order valence-corrected chi connectivity index (χ4v) is 7.62. The van der Waals surface area contributed by atoms with Gasteiger partial charge in [0.25, 0.3) is 0 Å². The van der Waals surface area contributed by atoms with Crippen LogP contribution < -0.4 is 9.80 Å². The molecule has 0 aliphatic carbocycles. The molecular formula is C40H36N2O8S2. The molecule has 2 heterocycles. The molecule has 10 nitrogen and oxygen atoms in total. The summed E-state index contributed by atoms with van der Waals surface area (Å²) in [5, 5.41) is 1.97. The summed E-state index contributed by atoms with van der Waals surface area (Å²) >= 11 is 3.31. The smallest absolute Gasteiger partial charge is 0.337 e. The van der Waals surface area contributed by atoms with Gasteiger partial charge in [0.1, 0.15) is 23.2 Å². The number of rotatable bonds is 15. The number of esters is 2. The van der Waals surface area contributed by atoms with E-state index < -0.39 is 11.9 Å². The molecule has 266 valence electrons. The summed E-state index contributed by atoms with van der Waals surface area (Å²) in [6.45, 7) is 0.688. The Morgan fingerprint density at radius 2 is 0.788 bits per heavy atom. The third-order valence-corrected chi connectivity index (χ3v) is 10.4. The van der Waals surface area contributed by atoms with Crippen LogP contribution in [0.5, 0.6) is 0 Å². The minimum absolute atomic E-state index is 0.344. The van der Waals surface area contributed by atoms with E-state index in [9.17, 15) is 9.59 Å². The Kier molecular flexibility index (Phi) is 12.1. The first kappa shape index (κ1) is 36.5. The van der Waals surface area contributed by atoms with Crippen LogP contribution in [0.25, 0.3) is 9.75 Å². The lowest BCUT2D eigenvalue weighted by Gasteiger charge is -2.24. The predicted octanol–water partition coefficient (Wildman–Crippen LogP) is 10.1. The number of carbonyl (C=O) groups excluding carboxylic acids is 2. The lowest BCUT2D eigenvalue weighted by molar-refractivity contribution is -0.282. The van der Waals surface area contributed by atoms with E-state index in [0.29, 0.717) is 24.3 Å². The number of benzene rings is 4. The zero-order valence-electron chi connectivity index (χ0n) is 28.9. The first-order valence-electron chi connectivity index (χ1n) is 16.1. The van der Waals surface area contributed by atoms with Crippen LogP contribution in [0.2, 0.25) is 0 Å². The molecule has 6 aromatic rings. The molecule has 0 N–H and O–H groups in total. The van der Waals surface area contributed by atoms with Crippen molar-refractivity contribution in [3.63, 3.8) is 0 Å². The number of hydrogen-bond donors (Lipinski definition) is 0. The van der Waals surface area contributed by atoms with Crippen molar-refractivity contribution in [2.75, 3.05) is 38.2 Å². The summed E-state index contributed by atoms with van der Waals surface area (Å²) in [5.74, 6) is -0.817. The van der Waals surface area contributed by atoms with Crippen molar-refractivity contribution in [3.05, 3.63) is 144 Å². The highest BCUT2D eigenvalue weighted by molar-refractivity contribution is 7.26. The fourth-order valence-electron chi connectivity index (χ4n) is 5.43. The molecule has 12 heteroatoms. The summed E-state index contributed by atoms with van der Waals surface area (Å²) in [6.07, 6.45) is 0. The van der Waals surface area contributed by atoms with Crippen LogP contribution in [0, 0.1) is 0 Å². The third-order valence-electron chi connectivity index (χ3n) is 8.04. The van der Waals surface area contributed by atoms with Crippen molar-refractivity contribution in [2.24, 2.45) is 0 Å². The zero-order valence-corrected chi connectivity index (χ0v) is 30.6. The topological polar surface area (TPSA) is 96.0 Å². The fraction of sp³-hybridized carbons (Fsp3) is 0.150. The molecule has 0 fully saturated rings. The van der Waals surface area contributed by atoms with Gasteiger partial charge in [0.15, 0.2) is 0 Å². The van der Waals surface area contributed by atoms with Gasteiger partial charge in [0, 0.05) is 32.5 Å². The van der Waals surface area contributed by atoms with Gasteiger partial charge in [-0.15, -0.1) is 22.7 Å². The Hall–Kier alpha value is -5.34. The van der Waals surface area contributed by atoms with Crippen molar-refractivity contribution in [3.8, 4) is 9.75 Å². The zero-order chi connectivity index (χ0) is 36.5. The summed E-state index contributed by atoms with van der Waals surface area (Å²) in [6, 6.07) is 39.2. The molecule has 0 radical (unpaired) electrons. The maximum atomic E-state index is 12.2. The Bertz CT molecular complexity index is 1970. The molecule has 0 bridgehead atoms. The highest BCUT2D eigenvalue weighted by Gasteiger charge is 2.20. The van der Waals surface area contributed by atoms with Crippen molar-refractivity contribution in [1.82, 2.24) is 0 Å². The molecule has 4 aromatic carbocycles. The first-order valence-corrected chi connectivity index (χ1v) is 17.7. The second kappa shape index (κ2) is 17.2. The second-order valence-electron chi connectivity index (χ2n) is 11.2. The van der Waals surface area contributed by atoms with E-state index >= 15 is 0 Å². The van der Waals surface area contributed by atoms with Crippen LogP contribution in [0.4, 0.5) is 32.8 Å². The Morgan fingerprint density at radius 1 is 0.462 bits per heavy atom. The van der Waals surface area contributed by atoms with Gasteiger partial charge in [-0.2, -0.15) is 0 Å². The number of hydrogen-bond acceptors (Lipinski definition) is 12. The number of ether oxygens (including phenoxy) is 2. The van der Waals surface area contributed by atoms with E-state index in [0.717, 1.165) is 53.6 Å². The molecule has 52 heavy (non-hydrogen) atoms. The number of nitrogens with zero attached hydrogens (tertiary/aromatic N) is 2. The molecule has 0 spiro atoms. The number of anilines is 6. The SMILES string of the molecule is COOCc1ccc(N(c2ccc(COOC)cc2)c2ccc(-c3ccc(N(c4ccc(C(=O)OC)cc4)c4ccc(C(=O)OC)cc4)s3)s2)cc1. The van der Waals surface area contributed by atoms with Gasteiger partial charge >= 0.3 is 11.9 Å². The van der Waals surface area contributed by atoms with Gasteiger partial charge in [0.05, 0.1) is 39.6 Å². The molecule has 0 saturated heterocycles. The quantitative estimate of drug-likeness (QED) is 0.0576. The van der Waals surface area contributed by atoms with Crippen LogP contribution in [0.1, 0.15) is 31.8 Å². The number of carbonyl (C=O) groups is 2. The van der Waals surface area contributed by atoms with Crippen molar-refractivity contribution in [1.29, 1.82) is 0 Å². The molecule has 0 saturated carbocycles. The normalized spacial score (nSPS) is 10.9. The van der Waals surface area contributed by atoms with Gasteiger partial charge in [0.2, 0.25) is 0 Å². The lowest BCUT2D eigenvalue weighted by atomic mass is 10.1. The summed E-state index contributed by atoms with van der Waals surface area (Å²) in [5.41, 5.74) is 6.52. The average molecular weight is 737 g/mol. The molecule has 2 aromatic heterocycles. The highest BCUT2D eigenvalue weighted by Crippen LogP contribution is 2.46. The van der Waals surface area contributed by atoms with Gasteiger partial charge in [-0.05, 0) is 108 Å². The van der Waals surface area contributed by atoms with Crippen molar-refractivity contribution < 1.29 is 38.6 Å². The van der Waals surface area contributed by atoms with E-state index in [2.05, 4.69) is 58.3 Å². The van der Waals surface area contributed by atoms with Crippen molar-refractivity contribution >= 4 is 67.4 Å². The van der Waals surface area contributed by atoms with E-state index in [1.54, 1.807) is 46.9 Å². The molecular weight excluding hydrogens is 701 g/mol. The Balaban J connectivity index is 1.34. The summed E-state index contributed by atoms with van der Waals surface area (Å²) in [7, 11) is 5.71. The largest absolute Gasteiger partial charge is 0.465 e. The molecule has 0 aliphatic heterocycles. The third kappa shape index (κ3) is 8.40. The maximum absolute atomic E-state index is 12.2. The molecule has 0 unspecified atom stereocenters. The minimum Gasteiger partial charge on any atom is -0.465 e. The standard InChI is InChI=1S/C40H36N2O8S2/c1-45-39(43)29-9-17-33(18-10-29)42(34-19-11-30(12-20-34)40(44)46-2)38-24-22-36(52-38)35-21-23-37(51-35)41(31-13-5-27(6-14-31)25-49-47-3)32-15-7-28(8-16-32)26-50-48-4/h5-24H,25-26H2,1-4H3. The Morgan fingerprint density at radius 3 is 1.10 bits per heavy atom. The molecule has 0 aliphatic rings. The van der Waals surface area contributed by atoms with E-state index in [4.69, 9.17) is 29.0 Å². The first-order chi connectivity index (χ1) is 25.4. The van der Waals surface area contributed by atoms with E-state index in [1.807, 2.05) is 48.5 Å². The monoisotopic (exact) mass is 736 g/mol. The van der Waals surface area contributed by atoms with Gasteiger partial charge in [-0.1, -0.05) is 24.3 Å². The van der Waals surface area contributed by atoms with Crippen LogP contribution >= 0.6 is 22.7 Å². The average Bonchev–Trinajstić information content (AvgIpc) is 3.88. The lowest BCUT2D eigenvalue weighted by Crippen LogP contribution is -2.10. The maximum Gasteiger partial charge on any atom is 0.337 e. The molecule has 0 amide bonds. The number of methoxy groups -OCH3 is 2. The van der Waals surface area contributed by atoms with Gasteiger partial charge in [-0.25, -0.2) is 29.1 Å². The van der Waals surface area contributed by atoms with Crippen LogP contribution in [-0.4, -0.2) is 40.4 Å². The molecule has 6 rings (SSSR count). The number of thiophene rings is 2. The second-order valence-corrected chi connectivity index (χ2v) is 13.3. The van der Waals surface area contributed by atoms with Crippen molar-refractivity contribution in [2.45, 2.75) is 13.2 Å². The summed E-state index contributed by atoms with van der Waals surface area (Å²) in [4.78, 5) is 50.6. The van der Waals surface area contributed by atoms with Gasteiger partial charge in [-0.3, -0.25) is 0 Å². The van der Waals surface area contributed by atoms with E-state index in [-0.39, 0.29) is 0 Å². The molecule has 0 atom stereocenters. The predicted molar refractivity (Wildman–Crippen MR) is 203 cm³/mol. The Labute approximate surface area is 309 Å². The highest BCUT2D eigenvalue weighted by atomic mass is 32.1.